The summed E-state index contributed by atoms with van der Waals surface area (Å²) in [6.07, 6.45) is 2.25. The van der Waals surface area contributed by atoms with Crippen molar-refractivity contribution >= 4 is 44.7 Å². The standard InChI is InChI=1S/C31H24Cl2/c1-19-15-28(21-5-4-6-23(33)17-21)27-14-13-26-24-7-2-3-8-25(24)29(18-31(26)30(27)16-19)20-9-11-22(32)12-10-20/h2-14,17-19,28H,15-16H2,1H3. The molecular formula is C31H24Cl2. The second-order valence-electron chi connectivity index (χ2n) is 9.36. The fourth-order valence-electron chi connectivity index (χ4n) is 5.68. The van der Waals surface area contributed by atoms with Crippen LogP contribution >= 0.6 is 23.2 Å². The third-order valence-corrected chi connectivity index (χ3v) is 7.65. The van der Waals surface area contributed by atoms with Crippen molar-refractivity contribution in [2.75, 3.05) is 0 Å². The molecule has 162 valence electrons. The Labute approximate surface area is 204 Å². The van der Waals surface area contributed by atoms with Crippen LogP contribution in [0.3, 0.4) is 0 Å². The average Bonchev–Trinajstić information content (AvgIpc) is 2.83. The largest absolute Gasteiger partial charge is 0.0843 e. The molecule has 1 aliphatic rings. The summed E-state index contributed by atoms with van der Waals surface area (Å²) in [4.78, 5) is 0. The second kappa shape index (κ2) is 8.20. The zero-order valence-corrected chi connectivity index (χ0v) is 20.0. The molecule has 2 unspecified atom stereocenters. The van der Waals surface area contributed by atoms with E-state index in [1.54, 1.807) is 0 Å². The Bertz CT molecular complexity index is 1500. The fraction of sp³-hybridized carbons (Fsp3) is 0.161. The molecule has 0 saturated heterocycles. The van der Waals surface area contributed by atoms with Crippen molar-refractivity contribution in [2.45, 2.75) is 25.7 Å². The van der Waals surface area contributed by atoms with Crippen LogP contribution in [0.2, 0.25) is 10.0 Å². The topological polar surface area (TPSA) is 0 Å². The normalized spacial score (nSPS) is 17.9. The molecule has 5 aromatic carbocycles. The van der Waals surface area contributed by atoms with Gasteiger partial charge in [-0.25, -0.2) is 0 Å². The first-order valence-corrected chi connectivity index (χ1v) is 12.3. The van der Waals surface area contributed by atoms with Crippen molar-refractivity contribution in [1.29, 1.82) is 0 Å². The van der Waals surface area contributed by atoms with Gasteiger partial charge in [0.1, 0.15) is 0 Å². The lowest BCUT2D eigenvalue weighted by Gasteiger charge is -2.32. The van der Waals surface area contributed by atoms with E-state index < -0.39 is 0 Å². The molecule has 0 radical (unpaired) electrons. The van der Waals surface area contributed by atoms with Gasteiger partial charge in [0.2, 0.25) is 0 Å². The zero-order chi connectivity index (χ0) is 22.5. The summed E-state index contributed by atoms with van der Waals surface area (Å²) in [6.45, 7) is 2.38. The van der Waals surface area contributed by atoms with Crippen LogP contribution < -0.4 is 0 Å². The lowest BCUT2D eigenvalue weighted by molar-refractivity contribution is 0.466. The van der Waals surface area contributed by atoms with E-state index in [4.69, 9.17) is 23.2 Å². The molecule has 0 heterocycles. The van der Waals surface area contributed by atoms with Crippen LogP contribution in [0.5, 0.6) is 0 Å². The minimum absolute atomic E-state index is 0.373. The summed E-state index contributed by atoms with van der Waals surface area (Å²) >= 11 is 12.6. The van der Waals surface area contributed by atoms with Gasteiger partial charge in [0, 0.05) is 16.0 Å². The highest BCUT2D eigenvalue weighted by atomic mass is 35.5. The summed E-state index contributed by atoms with van der Waals surface area (Å²) in [5.41, 5.74) is 6.71. The highest BCUT2D eigenvalue weighted by Gasteiger charge is 2.28. The van der Waals surface area contributed by atoms with Gasteiger partial charge < -0.3 is 0 Å². The summed E-state index contributed by atoms with van der Waals surface area (Å²) in [5, 5.41) is 6.86. The Balaban J connectivity index is 1.65. The number of benzene rings is 5. The third-order valence-electron chi connectivity index (χ3n) is 7.16. The Morgan fingerprint density at radius 1 is 0.667 bits per heavy atom. The predicted octanol–water partition coefficient (Wildman–Crippen LogP) is 9.68. The minimum atomic E-state index is 0.373. The van der Waals surface area contributed by atoms with Crippen molar-refractivity contribution in [3.63, 3.8) is 0 Å². The van der Waals surface area contributed by atoms with Gasteiger partial charge in [0.05, 0.1) is 0 Å². The highest BCUT2D eigenvalue weighted by Crippen LogP contribution is 2.45. The van der Waals surface area contributed by atoms with E-state index in [2.05, 4.69) is 79.7 Å². The molecule has 2 atom stereocenters. The molecule has 0 aromatic heterocycles. The first-order chi connectivity index (χ1) is 16.1. The van der Waals surface area contributed by atoms with Crippen LogP contribution in [-0.2, 0) is 6.42 Å². The SMILES string of the molecule is CC1Cc2c(ccc3c2cc(-c2ccc(Cl)cc2)c2ccccc23)C(c2cccc(Cl)c2)C1. The monoisotopic (exact) mass is 466 g/mol. The van der Waals surface area contributed by atoms with Crippen LogP contribution in [0.25, 0.3) is 32.7 Å². The molecule has 0 amide bonds. The van der Waals surface area contributed by atoms with E-state index in [0.717, 1.165) is 22.9 Å². The molecule has 2 heteroatoms. The molecule has 0 nitrogen and oxygen atoms in total. The molecular weight excluding hydrogens is 443 g/mol. The number of rotatable bonds is 2. The van der Waals surface area contributed by atoms with Crippen molar-refractivity contribution in [2.24, 2.45) is 5.92 Å². The molecule has 0 spiro atoms. The predicted molar refractivity (Wildman–Crippen MR) is 143 cm³/mol. The Kier molecular flexibility index (Phi) is 5.17. The van der Waals surface area contributed by atoms with Gasteiger partial charge in [-0.2, -0.15) is 0 Å². The number of hydrogen-bond donors (Lipinski definition) is 0. The number of fused-ring (bicyclic) bond motifs is 5. The van der Waals surface area contributed by atoms with Crippen LogP contribution in [0.1, 0.15) is 36.0 Å². The van der Waals surface area contributed by atoms with Crippen LogP contribution in [0.15, 0.2) is 91.0 Å². The van der Waals surface area contributed by atoms with Gasteiger partial charge >= 0.3 is 0 Å². The van der Waals surface area contributed by atoms with Crippen molar-refractivity contribution in [3.8, 4) is 11.1 Å². The fourth-order valence-corrected chi connectivity index (χ4v) is 6.00. The van der Waals surface area contributed by atoms with Crippen molar-refractivity contribution in [1.82, 2.24) is 0 Å². The highest BCUT2D eigenvalue weighted by molar-refractivity contribution is 6.31. The van der Waals surface area contributed by atoms with Crippen molar-refractivity contribution in [3.05, 3.63) is 118 Å². The van der Waals surface area contributed by atoms with E-state index in [0.29, 0.717) is 11.8 Å². The van der Waals surface area contributed by atoms with E-state index in [1.165, 1.54) is 49.4 Å². The number of halogens is 2. The first-order valence-electron chi connectivity index (χ1n) is 11.6. The van der Waals surface area contributed by atoms with Gasteiger partial charge in [-0.1, -0.05) is 90.8 Å². The number of hydrogen-bond acceptors (Lipinski definition) is 0. The summed E-state index contributed by atoms with van der Waals surface area (Å²) in [7, 11) is 0. The molecule has 0 saturated carbocycles. The molecule has 6 rings (SSSR count). The average molecular weight is 467 g/mol. The third kappa shape index (κ3) is 3.62. The van der Waals surface area contributed by atoms with Crippen molar-refractivity contribution < 1.29 is 0 Å². The summed E-state index contributed by atoms with van der Waals surface area (Å²) in [5.74, 6) is 0.981. The lowest BCUT2D eigenvalue weighted by Crippen LogP contribution is -2.18. The Morgan fingerprint density at radius 3 is 2.21 bits per heavy atom. The first kappa shape index (κ1) is 20.8. The van der Waals surface area contributed by atoms with Gasteiger partial charge in [0.15, 0.2) is 0 Å². The van der Waals surface area contributed by atoms with E-state index >= 15 is 0 Å². The van der Waals surface area contributed by atoms with Gasteiger partial charge in [-0.05, 0) is 98.5 Å². The van der Waals surface area contributed by atoms with Gasteiger partial charge in [-0.15, -0.1) is 0 Å². The molecule has 0 N–H and O–H groups in total. The molecule has 1 aliphatic carbocycles. The summed E-state index contributed by atoms with van der Waals surface area (Å²) in [6, 6.07) is 32.5. The van der Waals surface area contributed by atoms with Crippen LogP contribution in [-0.4, -0.2) is 0 Å². The van der Waals surface area contributed by atoms with Gasteiger partial charge in [0.25, 0.3) is 0 Å². The maximum absolute atomic E-state index is 6.38. The maximum atomic E-state index is 6.38. The Hall–Kier alpha value is -2.80. The zero-order valence-electron chi connectivity index (χ0n) is 18.5. The summed E-state index contributed by atoms with van der Waals surface area (Å²) < 4.78 is 0. The molecule has 0 fully saturated rings. The molecule has 0 bridgehead atoms. The Morgan fingerprint density at radius 2 is 1.42 bits per heavy atom. The maximum Gasteiger partial charge on any atom is 0.0408 e. The molecule has 5 aromatic rings. The van der Waals surface area contributed by atoms with E-state index in [9.17, 15) is 0 Å². The lowest BCUT2D eigenvalue weighted by atomic mass is 9.72. The van der Waals surface area contributed by atoms with E-state index in [-0.39, 0.29) is 0 Å². The minimum Gasteiger partial charge on any atom is -0.0843 e. The van der Waals surface area contributed by atoms with Gasteiger partial charge in [-0.3, -0.25) is 0 Å². The van der Waals surface area contributed by atoms with Crippen LogP contribution in [0, 0.1) is 5.92 Å². The molecule has 0 aliphatic heterocycles. The van der Waals surface area contributed by atoms with Crippen LogP contribution in [0.4, 0.5) is 0 Å². The smallest absolute Gasteiger partial charge is 0.0408 e. The quantitative estimate of drug-likeness (QED) is 0.227. The molecule has 33 heavy (non-hydrogen) atoms. The van der Waals surface area contributed by atoms with E-state index in [1.807, 2.05) is 18.2 Å². The second-order valence-corrected chi connectivity index (χ2v) is 10.2.